The number of ether oxygens (including phenoxy) is 1. The van der Waals surface area contributed by atoms with E-state index in [0.717, 1.165) is 32.1 Å². The van der Waals surface area contributed by atoms with Gasteiger partial charge in [-0.25, -0.2) is 0 Å². The molecule has 4 aliphatic carbocycles. The highest BCUT2D eigenvalue weighted by Gasteiger charge is 2.88. The van der Waals surface area contributed by atoms with Gasteiger partial charge in [0.25, 0.3) is 0 Å². The number of Topliss-reactive ketones (excluding diaryl/α,β-unsaturated/α-hetero) is 1. The molecule has 0 bridgehead atoms. The Labute approximate surface area is 217 Å². The first kappa shape index (κ1) is 27.1. The molecule has 36 heavy (non-hydrogen) atoms. The SMILES string of the molecule is C[C@H](C[C@H](O)[C@@H](O)C(C)(C)O)[C@]12CC[C@@]3(C)[C@@]1(C[C@H](O)[C@H]1[C@@]4(C)CCC(=O)C(C)(C)[C@@H]4CC[C@@]13C)O2. The topological polar surface area (TPSA) is 111 Å². The van der Waals surface area contributed by atoms with Gasteiger partial charge in [0.15, 0.2) is 0 Å². The lowest BCUT2D eigenvalue weighted by Crippen LogP contribution is -2.69. The Balaban J connectivity index is 1.47. The van der Waals surface area contributed by atoms with Gasteiger partial charge in [-0.3, -0.25) is 4.79 Å². The quantitative estimate of drug-likeness (QED) is 0.420. The summed E-state index contributed by atoms with van der Waals surface area (Å²) in [5.74, 6) is 0.745. The lowest BCUT2D eigenvalue weighted by molar-refractivity contribution is -0.242. The predicted molar refractivity (Wildman–Crippen MR) is 137 cm³/mol. The van der Waals surface area contributed by atoms with Gasteiger partial charge in [-0.05, 0) is 81.0 Å². The third kappa shape index (κ3) is 3.00. The van der Waals surface area contributed by atoms with Gasteiger partial charge in [-0.15, -0.1) is 0 Å². The number of rotatable bonds is 5. The fourth-order valence-electron chi connectivity index (χ4n) is 11.0. The Morgan fingerprint density at radius 2 is 1.69 bits per heavy atom. The van der Waals surface area contributed by atoms with E-state index in [1.54, 1.807) is 0 Å². The summed E-state index contributed by atoms with van der Waals surface area (Å²) >= 11 is 0. The van der Waals surface area contributed by atoms with Crippen molar-refractivity contribution in [1.29, 1.82) is 0 Å². The second-order valence-corrected chi connectivity index (χ2v) is 15.4. The van der Waals surface area contributed by atoms with Crippen LogP contribution in [0, 0.1) is 39.4 Å². The summed E-state index contributed by atoms with van der Waals surface area (Å²) in [5, 5.41) is 43.4. The van der Waals surface area contributed by atoms with Crippen LogP contribution in [0.25, 0.3) is 0 Å². The monoisotopic (exact) mass is 506 g/mol. The lowest BCUT2D eigenvalue weighted by atomic mass is 9.35. The number of ketones is 1. The molecule has 206 valence electrons. The van der Waals surface area contributed by atoms with E-state index in [9.17, 15) is 25.2 Å². The van der Waals surface area contributed by atoms with E-state index in [1.807, 2.05) is 0 Å². The molecule has 0 amide bonds. The van der Waals surface area contributed by atoms with Crippen LogP contribution in [0.3, 0.4) is 0 Å². The summed E-state index contributed by atoms with van der Waals surface area (Å²) in [7, 11) is 0. The van der Waals surface area contributed by atoms with Crippen LogP contribution >= 0.6 is 0 Å². The number of aliphatic hydroxyl groups is 4. The first-order valence-corrected chi connectivity index (χ1v) is 14.3. The van der Waals surface area contributed by atoms with Crippen molar-refractivity contribution in [2.45, 2.75) is 142 Å². The molecule has 1 heterocycles. The highest BCUT2D eigenvalue weighted by Crippen LogP contribution is 2.84. The largest absolute Gasteiger partial charge is 0.393 e. The smallest absolute Gasteiger partial charge is 0.138 e. The van der Waals surface area contributed by atoms with Crippen LogP contribution in [0.5, 0.6) is 0 Å². The van der Waals surface area contributed by atoms with Gasteiger partial charge in [0.1, 0.15) is 23.1 Å². The van der Waals surface area contributed by atoms with E-state index < -0.39 is 35.1 Å². The van der Waals surface area contributed by atoms with E-state index >= 15 is 0 Å². The average molecular weight is 507 g/mol. The summed E-state index contributed by atoms with van der Waals surface area (Å²) in [6.07, 6.45) is 3.49. The van der Waals surface area contributed by atoms with Gasteiger partial charge >= 0.3 is 0 Å². The zero-order valence-electron chi connectivity index (χ0n) is 23.7. The Kier molecular flexibility index (Phi) is 5.68. The van der Waals surface area contributed by atoms with Gasteiger partial charge < -0.3 is 25.2 Å². The third-order valence-corrected chi connectivity index (χ3v) is 13.1. The molecule has 5 rings (SSSR count). The highest BCUT2D eigenvalue weighted by atomic mass is 16.6. The number of hydrogen-bond donors (Lipinski definition) is 4. The molecule has 0 unspecified atom stereocenters. The molecule has 1 saturated heterocycles. The predicted octanol–water partition coefficient (Wildman–Crippen LogP) is 4.01. The van der Waals surface area contributed by atoms with Crippen LogP contribution in [0.4, 0.5) is 0 Å². The Hall–Kier alpha value is -0.530. The molecule has 4 saturated carbocycles. The summed E-state index contributed by atoms with van der Waals surface area (Å²) in [6.45, 7) is 16.5. The van der Waals surface area contributed by atoms with Gasteiger partial charge in [-0.2, -0.15) is 0 Å². The second-order valence-electron chi connectivity index (χ2n) is 15.4. The minimum Gasteiger partial charge on any atom is -0.393 e. The van der Waals surface area contributed by atoms with Crippen LogP contribution < -0.4 is 0 Å². The Bertz CT molecular complexity index is 940. The maximum Gasteiger partial charge on any atom is 0.138 e. The van der Waals surface area contributed by atoms with E-state index in [0.29, 0.717) is 25.0 Å². The average Bonchev–Trinajstić information content (AvgIpc) is 3.34. The molecule has 11 atom stereocenters. The molecule has 6 heteroatoms. The molecule has 5 fully saturated rings. The van der Waals surface area contributed by atoms with E-state index in [-0.39, 0.29) is 39.4 Å². The number of carbonyl (C=O) groups is 1. The lowest BCUT2D eigenvalue weighted by Gasteiger charge is -2.69. The second kappa shape index (κ2) is 7.56. The van der Waals surface area contributed by atoms with Crippen LogP contribution in [0.15, 0.2) is 0 Å². The van der Waals surface area contributed by atoms with Crippen molar-refractivity contribution in [3.8, 4) is 0 Å². The number of hydrogen-bond acceptors (Lipinski definition) is 6. The molecule has 0 radical (unpaired) electrons. The Morgan fingerprint density at radius 3 is 2.31 bits per heavy atom. The Morgan fingerprint density at radius 1 is 1.06 bits per heavy atom. The van der Waals surface area contributed by atoms with E-state index in [1.165, 1.54) is 13.8 Å². The number of carbonyl (C=O) groups excluding carboxylic acids is 1. The van der Waals surface area contributed by atoms with Crippen molar-refractivity contribution in [2.75, 3.05) is 0 Å². The first-order chi connectivity index (χ1) is 16.3. The van der Waals surface area contributed by atoms with Crippen molar-refractivity contribution in [1.82, 2.24) is 0 Å². The third-order valence-electron chi connectivity index (χ3n) is 13.1. The molecule has 5 aliphatic rings. The molecular weight excluding hydrogens is 456 g/mol. The molecule has 0 aromatic heterocycles. The number of epoxide rings is 1. The maximum atomic E-state index is 12.9. The molecule has 1 aliphatic heterocycles. The molecule has 1 spiro atoms. The van der Waals surface area contributed by atoms with Crippen molar-refractivity contribution < 1.29 is 30.0 Å². The minimum atomic E-state index is -1.38. The maximum absolute atomic E-state index is 12.9. The number of fused-ring (bicyclic) bond motifs is 4. The van der Waals surface area contributed by atoms with Crippen molar-refractivity contribution >= 4 is 5.78 Å². The van der Waals surface area contributed by atoms with Crippen LogP contribution in [-0.2, 0) is 9.53 Å². The van der Waals surface area contributed by atoms with Crippen LogP contribution in [-0.4, -0.2) is 61.3 Å². The fraction of sp³-hybridized carbons (Fsp3) is 0.967. The zero-order valence-corrected chi connectivity index (χ0v) is 23.7. The zero-order chi connectivity index (χ0) is 26.9. The first-order valence-electron chi connectivity index (χ1n) is 14.3. The van der Waals surface area contributed by atoms with Crippen LogP contribution in [0.2, 0.25) is 0 Å². The van der Waals surface area contributed by atoms with E-state index in [4.69, 9.17) is 4.74 Å². The van der Waals surface area contributed by atoms with Gasteiger partial charge in [0, 0.05) is 23.7 Å². The standard InChI is InChI=1S/C30H50O6/c1-17(15-18(31)23(34)25(4,5)35)29-14-13-28(8)27(7)12-9-20-24(2,3)21(33)10-11-26(20,6)22(27)19(32)16-30(28,29)36-29/h17-20,22-23,31-32,34-35H,9-16H2,1-8H3/t17-,18+,19+,20+,22+,23-,26+,27+,28-,29-,30-/m1/s1. The summed E-state index contributed by atoms with van der Waals surface area (Å²) in [4.78, 5) is 12.9. The van der Waals surface area contributed by atoms with Crippen LogP contribution in [0.1, 0.15) is 107 Å². The van der Waals surface area contributed by atoms with Gasteiger partial charge in [-0.1, -0.05) is 41.5 Å². The van der Waals surface area contributed by atoms with Gasteiger partial charge in [0.05, 0.1) is 17.8 Å². The molecule has 6 nitrogen and oxygen atoms in total. The summed E-state index contributed by atoms with van der Waals surface area (Å²) in [6, 6.07) is 0. The van der Waals surface area contributed by atoms with Crippen molar-refractivity contribution in [3.63, 3.8) is 0 Å². The summed E-state index contributed by atoms with van der Waals surface area (Å²) < 4.78 is 6.81. The van der Waals surface area contributed by atoms with Crippen molar-refractivity contribution in [2.24, 2.45) is 39.4 Å². The minimum absolute atomic E-state index is 0.0168. The molecule has 4 N–H and O–H groups in total. The normalized spacial score (nSPS) is 51.9. The molecule has 0 aromatic rings. The summed E-state index contributed by atoms with van der Waals surface area (Å²) in [5.41, 5.74) is -2.91. The van der Waals surface area contributed by atoms with Crippen molar-refractivity contribution in [3.05, 3.63) is 0 Å². The highest BCUT2D eigenvalue weighted by molar-refractivity contribution is 5.85. The number of aliphatic hydroxyl groups excluding tert-OH is 3. The molecular formula is C30H50O6. The molecule has 0 aromatic carbocycles. The fourth-order valence-corrected chi connectivity index (χ4v) is 11.0. The van der Waals surface area contributed by atoms with E-state index in [2.05, 4.69) is 41.5 Å². The van der Waals surface area contributed by atoms with Gasteiger partial charge in [0.2, 0.25) is 0 Å².